The molecule has 5 rings (SSSR count). The first kappa shape index (κ1) is 24.8. The highest BCUT2D eigenvalue weighted by Crippen LogP contribution is 2.35. The van der Waals surface area contributed by atoms with Gasteiger partial charge in [-0.2, -0.15) is 0 Å². The standard InChI is InChI=1S/C27H26BrN3O4S/c1-2-19-4-3-5-22-20(16-30(25(19)22)17-24(32)29-10-12-35-13-11-29)14-23-26(33)31(27(34)36-23)15-18-6-8-21(28)9-7-18/h3-9,14,16H,2,10-13,15,17H2,1H3/b23-14-. The maximum Gasteiger partial charge on any atom is 0.293 e. The molecule has 2 aromatic carbocycles. The third-order valence-corrected chi connectivity index (χ3v) is 7.91. The largest absolute Gasteiger partial charge is 0.378 e. The molecule has 9 heteroatoms. The summed E-state index contributed by atoms with van der Waals surface area (Å²) in [5, 5.41) is 0.679. The van der Waals surface area contributed by atoms with Crippen molar-refractivity contribution in [2.45, 2.75) is 26.4 Å². The number of morpholine rings is 1. The molecule has 0 saturated carbocycles. The summed E-state index contributed by atoms with van der Waals surface area (Å²) in [6.07, 6.45) is 4.52. The minimum atomic E-state index is -0.301. The Balaban J connectivity index is 1.45. The molecule has 0 radical (unpaired) electrons. The summed E-state index contributed by atoms with van der Waals surface area (Å²) in [6.45, 7) is 4.83. The van der Waals surface area contributed by atoms with Crippen LogP contribution in [0.1, 0.15) is 23.6 Å². The van der Waals surface area contributed by atoms with E-state index in [2.05, 4.69) is 28.9 Å². The summed E-state index contributed by atoms with van der Waals surface area (Å²) in [7, 11) is 0. The summed E-state index contributed by atoms with van der Waals surface area (Å²) < 4.78 is 8.30. The first-order valence-corrected chi connectivity index (χ1v) is 13.5. The Bertz CT molecular complexity index is 1360. The molecule has 36 heavy (non-hydrogen) atoms. The second kappa shape index (κ2) is 10.6. The van der Waals surface area contributed by atoms with Crippen LogP contribution in [0.2, 0.25) is 0 Å². The van der Waals surface area contributed by atoms with Crippen LogP contribution in [0.25, 0.3) is 17.0 Å². The number of halogens is 1. The van der Waals surface area contributed by atoms with E-state index in [1.807, 2.05) is 52.1 Å². The zero-order chi connectivity index (χ0) is 25.2. The van der Waals surface area contributed by atoms with Gasteiger partial charge in [0.15, 0.2) is 0 Å². The summed E-state index contributed by atoms with van der Waals surface area (Å²) in [4.78, 5) is 42.4. The minimum absolute atomic E-state index is 0.0440. The van der Waals surface area contributed by atoms with Gasteiger partial charge in [-0.15, -0.1) is 0 Å². The Morgan fingerprint density at radius 3 is 2.58 bits per heavy atom. The first-order valence-electron chi connectivity index (χ1n) is 11.9. The number of imide groups is 1. The van der Waals surface area contributed by atoms with Gasteiger partial charge in [0.25, 0.3) is 11.1 Å². The number of carbonyl (C=O) groups is 3. The lowest BCUT2D eigenvalue weighted by Gasteiger charge is -2.27. The Hall–Kier alpha value is -2.88. The SMILES string of the molecule is CCc1cccc2c(/C=C3\SC(=O)N(Cc4ccc(Br)cc4)C3=O)cn(CC(=O)N3CCOCC3)c12. The minimum Gasteiger partial charge on any atom is -0.378 e. The van der Waals surface area contributed by atoms with Crippen LogP contribution in [0.4, 0.5) is 4.79 Å². The second-order valence-corrected chi connectivity index (χ2v) is 10.7. The molecule has 0 bridgehead atoms. The number of amides is 3. The van der Waals surface area contributed by atoms with Crippen molar-refractivity contribution in [2.24, 2.45) is 0 Å². The molecule has 3 aromatic rings. The van der Waals surface area contributed by atoms with Crippen molar-refractivity contribution in [1.82, 2.24) is 14.4 Å². The molecule has 2 aliphatic heterocycles. The molecule has 0 atom stereocenters. The highest BCUT2D eigenvalue weighted by atomic mass is 79.9. The summed E-state index contributed by atoms with van der Waals surface area (Å²) in [5.74, 6) is -0.257. The van der Waals surface area contributed by atoms with Crippen LogP contribution in [0.15, 0.2) is 58.0 Å². The van der Waals surface area contributed by atoms with Crippen molar-refractivity contribution in [3.05, 3.63) is 74.7 Å². The van der Waals surface area contributed by atoms with Gasteiger partial charge in [0.1, 0.15) is 6.54 Å². The second-order valence-electron chi connectivity index (χ2n) is 8.77. The van der Waals surface area contributed by atoms with Gasteiger partial charge < -0.3 is 14.2 Å². The summed E-state index contributed by atoms with van der Waals surface area (Å²) >= 11 is 4.36. The van der Waals surface area contributed by atoms with E-state index < -0.39 is 0 Å². The average Bonchev–Trinajstić information content (AvgIpc) is 3.37. The van der Waals surface area contributed by atoms with Gasteiger partial charge in [0.2, 0.25) is 5.91 Å². The highest BCUT2D eigenvalue weighted by Gasteiger charge is 2.35. The highest BCUT2D eigenvalue weighted by molar-refractivity contribution is 9.10. The van der Waals surface area contributed by atoms with Crippen LogP contribution in [0.5, 0.6) is 0 Å². The number of nitrogens with zero attached hydrogens (tertiary/aromatic N) is 3. The van der Waals surface area contributed by atoms with Crippen LogP contribution in [0.3, 0.4) is 0 Å². The smallest absolute Gasteiger partial charge is 0.293 e. The summed E-state index contributed by atoms with van der Waals surface area (Å²) in [6, 6.07) is 13.6. The molecule has 2 saturated heterocycles. The normalized spacial score (nSPS) is 17.6. The number of rotatable bonds is 6. The third-order valence-electron chi connectivity index (χ3n) is 6.48. The maximum atomic E-state index is 13.2. The molecule has 0 spiro atoms. The topological polar surface area (TPSA) is 71.9 Å². The number of hydrogen-bond donors (Lipinski definition) is 0. The van der Waals surface area contributed by atoms with Crippen LogP contribution in [-0.2, 0) is 33.8 Å². The van der Waals surface area contributed by atoms with E-state index >= 15 is 0 Å². The van der Waals surface area contributed by atoms with Gasteiger partial charge >= 0.3 is 0 Å². The van der Waals surface area contributed by atoms with Crippen LogP contribution >= 0.6 is 27.7 Å². The van der Waals surface area contributed by atoms with E-state index in [4.69, 9.17) is 4.74 Å². The van der Waals surface area contributed by atoms with Gasteiger partial charge in [0.05, 0.1) is 30.2 Å². The van der Waals surface area contributed by atoms with E-state index in [-0.39, 0.29) is 30.1 Å². The van der Waals surface area contributed by atoms with Gasteiger partial charge in [-0.25, -0.2) is 0 Å². The molecule has 3 heterocycles. The fraction of sp³-hybridized carbons (Fsp3) is 0.296. The number of para-hydroxylation sites is 1. The molecule has 186 valence electrons. The number of thioether (sulfide) groups is 1. The third kappa shape index (κ3) is 5.00. The van der Waals surface area contributed by atoms with Crippen molar-refractivity contribution in [3.8, 4) is 0 Å². The van der Waals surface area contributed by atoms with E-state index in [9.17, 15) is 14.4 Å². The molecule has 0 N–H and O–H groups in total. The number of carbonyl (C=O) groups excluding carboxylic acids is 3. The van der Waals surface area contributed by atoms with Crippen molar-refractivity contribution >= 4 is 61.7 Å². The molecule has 3 amide bonds. The number of ether oxygens (including phenoxy) is 1. The van der Waals surface area contributed by atoms with Crippen molar-refractivity contribution in [3.63, 3.8) is 0 Å². The fourth-order valence-electron chi connectivity index (χ4n) is 4.60. The fourth-order valence-corrected chi connectivity index (χ4v) is 5.69. The Morgan fingerprint density at radius 2 is 1.86 bits per heavy atom. The van der Waals surface area contributed by atoms with E-state index in [0.717, 1.165) is 50.2 Å². The van der Waals surface area contributed by atoms with Gasteiger partial charge in [0, 0.05) is 34.7 Å². The lowest BCUT2D eigenvalue weighted by molar-refractivity contribution is -0.135. The lowest BCUT2D eigenvalue weighted by Crippen LogP contribution is -2.42. The lowest BCUT2D eigenvalue weighted by atomic mass is 10.1. The molecular formula is C27H26BrN3O4S. The van der Waals surface area contributed by atoms with E-state index in [1.165, 1.54) is 4.90 Å². The maximum absolute atomic E-state index is 13.2. The predicted octanol–water partition coefficient (Wildman–Crippen LogP) is 5.06. The quantitative estimate of drug-likeness (QED) is 0.389. The first-order chi connectivity index (χ1) is 17.4. The van der Waals surface area contributed by atoms with Gasteiger partial charge in [-0.1, -0.05) is 53.2 Å². The zero-order valence-electron chi connectivity index (χ0n) is 19.9. The van der Waals surface area contributed by atoms with Crippen LogP contribution < -0.4 is 0 Å². The van der Waals surface area contributed by atoms with Gasteiger partial charge in [-0.3, -0.25) is 19.3 Å². The number of aryl methyl sites for hydroxylation is 1. The van der Waals surface area contributed by atoms with E-state index in [0.29, 0.717) is 31.2 Å². The molecule has 1 aromatic heterocycles. The predicted molar refractivity (Wildman–Crippen MR) is 144 cm³/mol. The Kier molecular flexibility index (Phi) is 7.32. The molecule has 2 fully saturated rings. The van der Waals surface area contributed by atoms with Crippen molar-refractivity contribution in [2.75, 3.05) is 26.3 Å². The molecule has 0 aliphatic carbocycles. The average molecular weight is 568 g/mol. The number of fused-ring (bicyclic) bond motifs is 1. The molecular weight excluding hydrogens is 542 g/mol. The van der Waals surface area contributed by atoms with Crippen LogP contribution in [0, 0.1) is 0 Å². The zero-order valence-corrected chi connectivity index (χ0v) is 22.3. The molecule has 2 aliphatic rings. The Morgan fingerprint density at radius 1 is 1.11 bits per heavy atom. The molecule has 7 nitrogen and oxygen atoms in total. The van der Waals surface area contributed by atoms with Crippen molar-refractivity contribution < 1.29 is 19.1 Å². The Labute approximate surface area is 222 Å². The monoisotopic (exact) mass is 567 g/mol. The van der Waals surface area contributed by atoms with Crippen LogP contribution in [-0.4, -0.2) is 57.7 Å². The van der Waals surface area contributed by atoms with E-state index in [1.54, 1.807) is 6.08 Å². The number of hydrogen-bond acceptors (Lipinski definition) is 5. The van der Waals surface area contributed by atoms with Gasteiger partial charge in [-0.05, 0) is 47.5 Å². The molecule has 0 unspecified atom stereocenters. The number of aromatic nitrogens is 1. The van der Waals surface area contributed by atoms with Crippen molar-refractivity contribution in [1.29, 1.82) is 0 Å². The number of benzene rings is 2. The summed E-state index contributed by atoms with van der Waals surface area (Å²) in [5.41, 5.74) is 3.82.